The molecule has 104 valence electrons. The third-order valence-electron chi connectivity index (χ3n) is 2.72. The molecule has 7 nitrogen and oxygen atoms in total. The summed E-state index contributed by atoms with van der Waals surface area (Å²) >= 11 is 0. The summed E-state index contributed by atoms with van der Waals surface area (Å²) < 4.78 is 12.3. The minimum Gasteiger partial charge on any atom is -0.382 e. The molecule has 0 aliphatic rings. The number of fused-ring (bicyclic) bond motifs is 1. The summed E-state index contributed by atoms with van der Waals surface area (Å²) in [5, 5.41) is 3.03. The Kier molecular flexibility index (Phi) is 4.64. The molecular weight excluding hydrogens is 246 g/mol. The summed E-state index contributed by atoms with van der Waals surface area (Å²) in [5.74, 6) is 1.47. The molecule has 0 saturated carbocycles. The van der Waals surface area contributed by atoms with Crippen LogP contribution in [0.2, 0.25) is 0 Å². The molecule has 2 aromatic heterocycles. The minimum atomic E-state index is 0.596. The van der Waals surface area contributed by atoms with Gasteiger partial charge < -0.3 is 19.4 Å². The number of nitrogens with one attached hydrogen (secondary N) is 1. The second-order valence-electron chi connectivity index (χ2n) is 4.08. The van der Waals surface area contributed by atoms with Gasteiger partial charge in [0.25, 0.3) is 0 Å². The normalized spacial score (nSPS) is 11.1. The maximum absolute atomic E-state index is 5.45. The van der Waals surface area contributed by atoms with Gasteiger partial charge in [-0.3, -0.25) is 0 Å². The molecule has 0 bridgehead atoms. The van der Waals surface area contributed by atoms with Gasteiger partial charge in [0.05, 0.1) is 26.1 Å². The molecule has 0 radical (unpaired) electrons. The lowest BCUT2D eigenvalue weighted by atomic mass is 10.4. The minimum absolute atomic E-state index is 0.596. The molecule has 0 amide bonds. The van der Waals surface area contributed by atoms with E-state index in [1.165, 1.54) is 0 Å². The molecule has 2 heterocycles. The Morgan fingerprint density at radius 3 is 2.84 bits per heavy atom. The van der Waals surface area contributed by atoms with Gasteiger partial charge >= 0.3 is 0 Å². The van der Waals surface area contributed by atoms with Crippen molar-refractivity contribution in [3.63, 3.8) is 0 Å². The van der Waals surface area contributed by atoms with E-state index >= 15 is 0 Å². The molecule has 2 aromatic rings. The van der Waals surface area contributed by atoms with Crippen molar-refractivity contribution in [3.8, 4) is 0 Å². The van der Waals surface area contributed by atoms with E-state index in [1.54, 1.807) is 13.4 Å². The number of anilines is 1. The third kappa shape index (κ3) is 3.18. The first kappa shape index (κ1) is 13.7. The summed E-state index contributed by atoms with van der Waals surface area (Å²) in [6, 6.07) is 0. The molecule has 0 fully saturated rings. The summed E-state index contributed by atoms with van der Waals surface area (Å²) in [5.41, 5.74) is 1.61. The van der Waals surface area contributed by atoms with Crippen molar-refractivity contribution in [3.05, 3.63) is 12.2 Å². The van der Waals surface area contributed by atoms with Crippen LogP contribution in [0, 0.1) is 6.92 Å². The molecular formula is C12H19N5O2. The van der Waals surface area contributed by atoms with Gasteiger partial charge in [-0.15, -0.1) is 0 Å². The number of nitrogens with zero attached hydrogens (tertiary/aromatic N) is 4. The fourth-order valence-corrected chi connectivity index (χ4v) is 1.80. The highest BCUT2D eigenvalue weighted by Gasteiger charge is 2.10. The summed E-state index contributed by atoms with van der Waals surface area (Å²) in [6.07, 6.45) is 1.76. The highest BCUT2D eigenvalue weighted by molar-refractivity contribution is 5.82. The van der Waals surface area contributed by atoms with Gasteiger partial charge in [-0.1, -0.05) is 0 Å². The standard InChI is InChI=1S/C12H19N5O2/c1-9-15-11(13-2)10-12(16-9)17(8-14-10)4-5-19-7-6-18-3/h8H,4-7H2,1-3H3,(H,13,15,16). The lowest BCUT2D eigenvalue weighted by Gasteiger charge is -2.06. The van der Waals surface area contributed by atoms with Gasteiger partial charge in [0.1, 0.15) is 11.3 Å². The Morgan fingerprint density at radius 2 is 2.11 bits per heavy atom. The van der Waals surface area contributed by atoms with E-state index in [9.17, 15) is 0 Å². The molecule has 2 rings (SSSR count). The van der Waals surface area contributed by atoms with Crippen LogP contribution >= 0.6 is 0 Å². The fourth-order valence-electron chi connectivity index (χ4n) is 1.80. The molecule has 0 atom stereocenters. The number of aryl methyl sites for hydroxylation is 1. The number of hydrogen-bond donors (Lipinski definition) is 1. The van der Waals surface area contributed by atoms with Crippen molar-refractivity contribution >= 4 is 17.0 Å². The Hall–Kier alpha value is -1.73. The topological polar surface area (TPSA) is 74.1 Å². The smallest absolute Gasteiger partial charge is 0.165 e. The number of methoxy groups -OCH3 is 1. The molecule has 1 N–H and O–H groups in total. The van der Waals surface area contributed by atoms with Gasteiger partial charge in [-0.2, -0.15) is 0 Å². The van der Waals surface area contributed by atoms with Crippen LogP contribution < -0.4 is 5.32 Å². The quantitative estimate of drug-likeness (QED) is 0.748. The van der Waals surface area contributed by atoms with Crippen molar-refractivity contribution in [2.45, 2.75) is 13.5 Å². The van der Waals surface area contributed by atoms with E-state index in [4.69, 9.17) is 9.47 Å². The van der Waals surface area contributed by atoms with Crippen molar-refractivity contribution in [1.82, 2.24) is 19.5 Å². The van der Waals surface area contributed by atoms with Crippen molar-refractivity contribution in [2.75, 3.05) is 39.3 Å². The second-order valence-corrected chi connectivity index (χ2v) is 4.08. The van der Waals surface area contributed by atoms with Gasteiger partial charge in [0.15, 0.2) is 11.5 Å². The maximum atomic E-state index is 5.45. The summed E-state index contributed by atoms with van der Waals surface area (Å²) in [7, 11) is 3.49. The van der Waals surface area contributed by atoms with Crippen LogP contribution in [0.3, 0.4) is 0 Å². The van der Waals surface area contributed by atoms with E-state index in [0.29, 0.717) is 26.4 Å². The van der Waals surface area contributed by atoms with Gasteiger partial charge in [-0.05, 0) is 6.92 Å². The molecule has 0 aliphatic heterocycles. The van der Waals surface area contributed by atoms with E-state index in [-0.39, 0.29) is 0 Å². The highest BCUT2D eigenvalue weighted by Crippen LogP contribution is 2.17. The Bertz CT molecular complexity index is 540. The zero-order chi connectivity index (χ0) is 13.7. The van der Waals surface area contributed by atoms with Gasteiger partial charge in [-0.25, -0.2) is 15.0 Å². The van der Waals surface area contributed by atoms with Crippen LogP contribution in [0.25, 0.3) is 11.2 Å². The second kappa shape index (κ2) is 6.44. The summed E-state index contributed by atoms with van der Waals surface area (Å²) in [4.78, 5) is 13.1. The lowest BCUT2D eigenvalue weighted by Crippen LogP contribution is -2.09. The predicted octanol–water partition coefficient (Wildman–Crippen LogP) is 0.839. The average molecular weight is 265 g/mol. The first-order valence-electron chi connectivity index (χ1n) is 6.20. The molecule has 0 aromatic carbocycles. The Balaban J connectivity index is 2.09. The molecule has 7 heteroatoms. The van der Waals surface area contributed by atoms with Gasteiger partial charge in [0, 0.05) is 20.7 Å². The molecule has 0 saturated heterocycles. The zero-order valence-electron chi connectivity index (χ0n) is 11.5. The molecule has 19 heavy (non-hydrogen) atoms. The number of ether oxygens (including phenoxy) is 2. The Labute approximate surface area is 112 Å². The van der Waals surface area contributed by atoms with Crippen molar-refractivity contribution < 1.29 is 9.47 Å². The molecule has 0 aliphatic carbocycles. The first-order valence-corrected chi connectivity index (χ1v) is 6.20. The van der Waals surface area contributed by atoms with Crippen LogP contribution in [0.1, 0.15) is 5.82 Å². The van der Waals surface area contributed by atoms with Crippen molar-refractivity contribution in [2.24, 2.45) is 0 Å². The number of aromatic nitrogens is 4. The van der Waals surface area contributed by atoms with Gasteiger partial charge in [0.2, 0.25) is 0 Å². The monoisotopic (exact) mass is 265 g/mol. The molecule has 0 spiro atoms. The third-order valence-corrected chi connectivity index (χ3v) is 2.72. The number of hydrogen-bond acceptors (Lipinski definition) is 6. The SMILES string of the molecule is CNc1nc(C)nc2c1ncn2CCOCCOC. The van der Waals surface area contributed by atoms with Crippen LogP contribution in [0.15, 0.2) is 6.33 Å². The number of imidazole rings is 1. The van der Waals surface area contributed by atoms with Crippen LogP contribution in [0.4, 0.5) is 5.82 Å². The fraction of sp³-hybridized carbons (Fsp3) is 0.583. The van der Waals surface area contributed by atoms with Crippen LogP contribution in [0.5, 0.6) is 0 Å². The lowest BCUT2D eigenvalue weighted by molar-refractivity contribution is 0.0669. The number of rotatable bonds is 7. The highest BCUT2D eigenvalue weighted by atomic mass is 16.5. The van der Waals surface area contributed by atoms with E-state index in [0.717, 1.165) is 22.8 Å². The largest absolute Gasteiger partial charge is 0.382 e. The van der Waals surface area contributed by atoms with Crippen LogP contribution in [-0.4, -0.2) is 53.5 Å². The van der Waals surface area contributed by atoms with E-state index < -0.39 is 0 Å². The Morgan fingerprint density at radius 1 is 1.26 bits per heavy atom. The average Bonchev–Trinajstić information content (AvgIpc) is 2.81. The van der Waals surface area contributed by atoms with Crippen molar-refractivity contribution in [1.29, 1.82) is 0 Å². The molecule has 0 unspecified atom stereocenters. The maximum Gasteiger partial charge on any atom is 0.165 e. The first-order chi connectivity index (χ1) is 9.26. The summed E-state index contributed by atoms with van der Waals surface area (Å²) in [6.45, 7) is 4.38. The van der Waals surface area contributed by atoms with E-state index in [1.807, 2.05) is 18.5 Å². The van der Waals surface area contributed by atoms with E-state index in [2.05, 4.69) is 20.3 Å². The zero-order valence-corrected chi connectivity index (χ0v) is 11.5. The van der Waals surface area contributed by atoms with Crippen LogP contribution in [-0.2, 0) is 16.0 Å². The predicted molar refractivity (Wildman–Crippen MR) is 72.3 cm³/mol.